The fourth-order valence-corrected chi connectivity index (χ4v) is 1.40. The van der Waals surface area contributed by atoms with E-state index in [0.717, 1.165) is 5.69 Å². The maximum absolute atomic E-state index is 11.0. The Morgan fingerprint density at radius 2 is 2.21 bits per heavy atom. The first-order valence-electron chi connectivity index (χ1n) is 3.93. The van der Waals surface area contributed by atoms with E-state index < -0.39 is 5.97 Å². The summed E-state index contributed by atoms with van der Waals surface area (Å²) in [5, 5.41) is 17.1. The van der Waals surface area contributed by atoms with Crippen LogP contribution in [0.2, 0.25) is 0 Å². The SMILES string of the molecule is O=C(O)CNC(=O)CNc1ccsc1. The van der Waals surface area contributed by atoms with Crippen molar-refractivity contribution in [2.75, 3.05) is 18.4 Å². The third-order valence-electron chi connectivity index (χ3n) is 1.41. The summed E-state index contributed by atoms with van der Waals surface area (Å²) in [6, 6.07) is 1.84. The summed E-state index contributed by atoms with van der Waals surface area (Å²) in [7, 11) is 0. The lowest BCUT2D eigenvalue weighted by Gasteiger charge is -2.03. The predicted molar refractivity (Wildman–Crippen MR) is 53.5 cm³/mol. The highest BCUT2D eigenvalue weighted by Gasteiger charge is 2.02. The number of amides is 1. The van der Waals surface area contributed by atoms with E-state index in [-0.39, 0.29) is 19.0 Å². The third kappa shape index (κ3) is 3.90. The number of hydrogen-bond acceptors (Lipinski definition) is 4. The van der Waals surface area contributed by atoms with Crippen molar-refractivity contribution >= 4 is 28.9 Å². The van der Waals surface area contributed by atoms with Crippen molar-refractivity contribution in [2.45, 2.75) is 0 Å². The van der Waals surface area contributed by atoms with Crippen molar-refractivity contribution in [3.8, 4) is 0 Å². The largest absolute Gasteiger partial charge is 0.480 e. The molecule has 0 unspecified atom stereocenters. The maximum atomic E-state index is 11.0. The molecule has 1 aromatic heterocycles. The Balaban J connectivity index is 2.18. The van der Waals surface area contributed by atoms with Gasteiger partial charge in [0.15, 0.2) is 0 Å². The Hall–Kier alpha value is -1.56. The molecule has 5 nitrogen and oxygen atoms in total. The molecule has 0 aliphatic rings. The second kappa shape index (κ2) is 5.23. The summed E-state index contributed by atoms with van der Waals surface area (Å²) >= 11 is 1.52. The standard InChI is InChI=1S/C8H10N2O3S/c11-7(10-4-8(12)13)3-9-6-1-2-14-5-6/h1-2,5,9H,3-4H2,(H,10,11)(H,12,13). The summed E-state index contributed by atoms with van der Waals surface area (Å²) in [4.78, 5) is 21.1. The number of hydrogen-bond donors (Lipinski definition) is 3. The van der Waals surface area contributed by atoms with Crippen LogP contribution < -0.4 is 10.6 Å². The maximum Gasteiger partial charge on any atom is 0.322 e. The molecule has 0 bridgehead atoms. The van der Waals surface area contributed by atoms with E-state index in [2.05, 4.69) is 10.6 Å². The average molecular weight is 214 g/mol. The zero-order valence-electron chi connectivity index (χ0n) is 7.32. The van der Waals surface area contributed by atoms with Gasteiger partial charge in [0.05, 0.1) is 6.54 Å². The lowest BCUT2D eigenvalue weighted by Crippen LogP contribution is -2.33. The Bertz CT molecular complexity index is 310. The number of carboxylic acid groups (broad SMARTS) is 1. The molecular weight excluding hydrogens is 204 g/mol. The minimum Gasteiger partial charge on any atom is -0.480 e. The molecule has 1 heterocycles. The molecule has 0 saturated heterocycles. The molecule has 76 valence electrons. The average Bonchev–Trinajstić information content (AvgIpc) is 2.63. The highest BCUT2D eigenvalue weighted by Crippen LogP contribution is 2.10. The molecule has 1 aromatic rings. The smallest absolute Gasteiger partial charge is 0.322 e. The summed E-state index contributed by atoms with van der Waals surface area (Å²) in [6.45, 7) is -0.256. The van der Waals surface area contributed by atoms with E-state index in [1.54, 1.807) is 0 Å². The van der Waals surface area contributed by atoms with Crippen LogP contribution >= 0.6 is 11.3 Å². The monoisotopic (exact) mass is 214 g/mol. The summed E-state index contributed by atoms with van der Waals surface area (Å²) in [6.07, 6.45) is 0. The van der Waals surface area contributed by atoms with Crippen LogP contribution in [0, 0.1) is 0 Å². The first-order valence-corrected chi connectivity index (χ1v) is 4.87. The van der Waals surface area contributed by atoms with Gasteiger partial charge in [0, 0.05) is 11.1 Å². The molecule has 3 N–H and O–H groups in total. The van der Waals surface area contributed by atoms with Crippen molar-refractivity contribution in [2.24, 2.45) is 0 Å². The van der Waals surface area contributed by atoms with Crippen LogP contribution in [0.5, 0.6) is 0 Å². The van der Waals surface area contributed by atoms with Gasteiger partial charge in [-0.2, -0.15) is 11.3 Å². The summed E-state index contributed by atoms with van der Waals surface area (Å²) in [5.74, 6) is -1.38. The van der Waals surface area contributed by atoms with Gasteiger partial charge in [-0.15, -0.1) is 0 Å². The van der Waals surface area contributed by atoms with Crippen LogP contribution in [0.25, 0.3) is 0 Å². The molecular formula is C8H10N2O3S. The predicted octanol–water partition coefficient (Wildman–Crippen LogP) is 0.361. The molecule has 14 heavy (non-hydrogen) atoms. The lowest BCUT2D eigenvalue weighted by atomic mass is 10.5. The van der Waals surface area contributed by atoms with E-state index >= 15 is 0 Å². The number of aliphatic carboxylic acids is 1. The minimum atomic E-state index is -1.05. The normalized spacial score (nSPS) is 9.43. The number of carbonyl (C=O) groups is 2. The zero-order valence-corrected chi connectivity index (χ0v) is 8.13. The van der Waals surface area contributed by atoms with Gasteiger partial charge in [-0.25, -0.2) is 0 Å². The fourth-order valence-electron chi connectivity index (χ4n) is 0.784. The van der Waals surface area contributed by atoms with E-state index in [9.17, 15) is 9.59 Å². The van der Waals surface area contributed by atoms with Crippen molar-refractivity contribution in [1.82, 2.24) is 5.32 Å². The second-order valence-electron chi connectivity index (χ2n) is 2.54. The number of rotatable bonds is 5. The van der Waals surface area contributed by atoms with E-state index in [0.29, 0.717) is 0 Å². The molecule has 0 saturated carbocycles. The molecule has 0 atom stereocenters. The molecule has 1 amide bonds. The van der Waals surface area contributed by atoms with Crippen molar-refractivity contribution in [3.05, 3.63) is 16.8 Å². The van der Waals surface area contributed by atoms with Gasteiger partial charge in [0.25, 0.3) is 0 Å². The van der Waals surface area contributed by atoms with Crippen LogP contribution in [0.15, 0.2) is 16.8 Å². The highest BCUT2D eigenvalue weighted by atomic mass is 32.1. The van der Waals surface area contributed by atoms with Crippen molar-refractivity contribution < 1.29 is 14.7 Å². The number of carboxylic acids is 1. The number of carbonyl (C=O) groups excluding carboxylic acids is 1. The molecule has 0 spiro atoms. The quantitative estimate of drug-likeness (QED) is 0.661. The first-order chi connectivity index (χ1) is 6.68. The molecule has 1 rings (SSSR count). The fraction of sp³-hybridized carbons (Fsp3) is 0.250. The zero-order chi connectivity index (χ0) is 10.4. The molecule has 0 aromatic carbocycles. The second-order valence-corrected chi connectivity index (χ2v) is 3.32. The van der Waals surface area contributed by atoms with Crippen LogP contribution in [0.1, 0.15) is 0 Å². The highest BCUT2D eigenvalue weighted by molar-refractivity contribution is 7.08. The first kappa shape index (κ1) is 10.5. The van der Waals surface area contributed by atoms with Gasteiger partial charge in [0.1, 0.15) is 6.54 Å². The van der Waals surface area contributed by atoms with Crippen LogP contribution in [-0.4, -0.2) is 30.1 Å². The van der Waals surface area contributed by atoms with Gasteiger partial charge < -0.3 is 15.7 Å². The molecule has 0 aliphatic heterocycles. The molecule has 0 radical (unpaired) electrons. The number of anilines is 1. The molecule has 6 heteroatoms. The van der Waals surface area contributed by atoms with Gasteiger partial charge in [0.2, 0.25) is 5.91 Å². The van der Waals surface area contributed by atoms with Crippen LogP contribution in [0.3, 0.4) is 0 Å². The van der Waals surface area contributed by atoms with Gasteiger partial charge in [-0.3, -0.25) is 9.59 Å². The number of thiophene rings is 1. The van der Waals surface area contributed by atoms with E-state index in [1.165, 1.54) is 11.3 Å². The van der Waals surface area contributed by atoms with E-state index in [4.69, 9.17) is 5.11 Å². The minimum absolute atomic E-state index is 0.0873. The third-order valence-corrected chi connectivity index (χ3v) is 2.09. The summed E-state index contributed by atoms with van der Waals surface area (Å²) < 4.78 is 0. The Morgan fingerprint density at radius 3 is 2.79 bits per heavy atom. The van der Waals surface area contributed by atoms with Crippen LogP contribution in [-0.2, 0) is 9.59 Å². The molecule has 0 fully saturated rings. The van der Waals surface area contributed by atoms with Crippen molar-refractivity contribution in [3.63, 3.8) is 0 Å². The Morgan fingerprint density at radius 1 is 1.43 bits per heavy atom. The topological polar surface area (TPSA) is 78.4 Å². The van der Waals surface area contributed by atoms with Gasteiger partial charge >= 0.3 is 5.97 Å². The van der Waals surface area contributed by atoms with E-state index in [1.807, 2.05) is 16.8 Å². The van der Waals surface area contributed by atoms with Gasteiger partial charge in [-0.1, -0.05) is 0 Å². The Kier molecular flexibility index (Phi) is 3.93. The number of nitrogens with one attached hydrogen (secondary N) is 2. The Labute approximate surface area is 84.7 Å². The summed E-state index contributed by atoms with van der Waals surface area (Å²) in [5.41, 5.74) is 0.862. The lowest BCUT2D eigenvalue weighted by molar-refractivity contribution is -0.137. The van der Waals surface area contributed by atoms with Gasteiger partial charge in [-0.05, 0) is 11.4 Å². The van der Waals surface area contributed by atoms with Crippen LogP contribution in [0.4, 0.5) is 5.69 Å². The molecule has 0 aliphatic carbocycles. The van der Waals surface area contributed by atoms with Crippen molar-refractivity contribution in [1.29, 1.82) is 0 Å².